The van der Waals surface area contributed by atoms with Gasteiger partial charge in [0.1, 0.15) is 5.54 Å². The molecule has 2 amide bonds. The first kappa shape index (κ1) is 23.2. The van der Waals surface area contributed by atoms with Crippen molar-refractivity contribution in [3.05, 3.63) is 0 Å². The average Bonchev–Trinajstić information content (AvgIpc) is 2.96. The molecule has 2 rings (SSSR count). The summed E-state index contributed by atoms with van der Waals surface area (Å²) in [7, 11) is -0.218. The smallest absolute Gasteiger partial charge is 0.403 e. The van der Waals surface area contributed by atoms with E-state index >= 15 is 0 Å². The minimum atomic E-state index is -0.810. The number of carbonyl (C=O) groups excluding carboxylic acids is 2. The lowest BCUT2D eigenvalue weighted by atomic mass is 9.77. The molecule has 2 N–H and O–H groups in total. The van der Waals surface area contributed by atoms with E-state index in [2.05, 4.69) is 38.3 Å². The van der Waals surface area contributed by atoms with E-state index in [1.54, 1.807) is 0 Å². The van der Waals surface area contributed by atoms with Gasteiger partial charge < -0.3 is 19.9 Å². The second kappa shape index (κ2) is 7.98. The molecule has 1 aliphatic carbocycles. The molecule has 0 radical (unpaired) electrons. The Morgan fingerprint density at radius 3 is 2.18 bits per heavy atom. The van der Waals surface area contributed by atoms with Crippen molar-refractivity contribution in [2.24, 2.45) is 5.92 Å². The van der Waals surface area contributed by atoms with E-state index in [0.717, 1.165) is 32.0 Å². The first-order valence-corrected chi connectivity index (χ1v) is 10.7. The minimum absolute atomic E-state index is 0.0617. The van der Waals surface area contributed by atoms with Crippen LogP contribution in [0.25, 0.3) is 0 Å². The average molecular weight is 394 g/mol. The molecule has 2 aliphatic rings. The maximum Gasteiger partial charge on any atom is 0.457 e. The predicted octanol–water partition coefficient (Wildman–Crippen LogP) is 3.45. The topological polar surface area (TPSA) is 76.7 Å². The molecule has 7 heteroatoms. The molecule has 6 nitrogen and oxygen atoms in total. The molecular weight excluding hydrogens is 355 g/mol. The SMILES string of the molecule is CC(=O)N[C@@]1(C(=O)NC(C)(C)C)CCC[C@@H]1CCCB1OC(C)(C)C(C)(C)O1. The molecule has 1 heterocycles. The number of amides is 2. The van der Waals surface area contributed by atoms with E-state index in [1.165, 1.54) is 6.92 Å². The summed E-state index contributed by atoms with van der Waals surface area (Å²) in [5, 5.41) is 6.11. The number of carbonyl (C=O) groups is 2. The maximum atomic E-state index is 13.1. The molecule has 2 atom stereocenters. The van der Waals surface area contributed by atoms with Gasteiger partial charge in [0.2, 0.25) is 11.8 Å². The van der Waals surface area contributed by atoms with E-state index in [9.17, 15) is 9.59 Å². The first-order valence-electron chi connectivity index (χ1n) is 10.7. The highest BCUT2D eigenvalue weighted by atomic mass is 16.7. The Labute approximate surface area is 171 Å². The molecule has 0 bridgehead atoms. The van der Waals surface area contributed by atoms with Crippen molar-refractivity contribution in [3.63, 3.8) is 0 Å². The van der Waals surface area contributed by atoms with Crippen molar-refractivity contribution in [1.82, 2.24) is 10.6 Å². The zero-order valence-corrected chi connectivity index (χ0v) is 19.0. The van der Waals surface area contributed by atoms with Gasteiger partial charge in [-0.3, -0.25) is 9.59 Å². The van der Waals surface area contributed by atoms with Crippen LogP contribution in [0.3, 0.4) is 0 Å². The standard InChI is InChI=1S/C21H39BN2O4/c1-15(25)23-21(17(26)24-18(2,3)4)13-9-11-16(21)12-10-14-22-27-19(5,6)20(7,8)28-22/h16H,9-14H2,1-8H3,(H,23,25)(H,24,26)/t16-,21+/m1/s1. The Bertz CT molecular complexity index is 584. The molecule has 1 saturated carbocycles. The van der Waals surface area contributed by atoms with Crippen LogP contribution in [-0.2, 0) is 18.9 Å². The van der Waals surface area contributed by atoms with E-state index in [-0.39, 0.29) is 41.6 Å². The summed E-state index contributed by atoms with van der Waals surface area (Å²) < 4.78 is 12.2. The maximum absolute atomic E-state index is 13.1. The van der Waals surface area contributed by atoms with Gasteiger partial charge in [0.05, 0.1) is 11.2 Å². The molecule has 28 heavy (non-hydrogen) atoms. The highest BCUT2D eigenvalue weighted by molar-refractivity contribution is 6.45. The quantitative estimate of drug-likeness (QED) is 0.677. The molecule has 0 aromatic heterocycles. The molecular formula is C21H39BN2O4. The summed E-state index contributed by atoms with van der Waals surface area (Å²) in [5.74, 6) is -0.0866. The molecule has 0 aromatic rings. The van der Waals surface area contributed by atoms with Crippen LogP contribution in [0.4, 0.5) is 0 Å². The van der Waals surface area contributed by atoms with Crippen LogP contribution in [0, 0.1) is 5.92 Å². The van der Waals surface area contributed by atoms with Crippen LogP contribution in [-0.4, -0.2) is 41.2 Å². The summed E-state index contributed by atoms with van der Waals surface area (Å²) in [4.78, 5) is 25.1. The lowest BCUT2D eigenvalue weighted by Crippen LogP contribution is -2.63. The summed E-state index contributed by atoms with van der Waals surface area (Å²) in [6.07, 6.45) is 5.13. The van der Waals surface area contributed by atoms with Crippen molar-refractivity contribution < 1.29 is 18.9 Å². The molecule has 1 saturated heterocycles. The van der Waals surface area contributed by atoms with Crippen LogP contribution >= 0.6 is 0 Å². The molecule has 0 aromatic carbocycles. The molecule has 0 spiro atoms. The highest BCUT2D eigenvalue weighted by Gasteiger charge is 2.52. The lowest BCUT2D eigenvalue weighted by molar-refractivity contribution is -0.135. The van der Waals surface area contributed by atoms with E-state index in [0.29, 0.717) is 6.42 Å². The number of hydrogen-bond acceptors (Lipinski definition) is 4. The van der Waals surface area contributed by atoms with Crippen LogP contribution < -0.4 is 10.6 Å². The predicted molar refractivity (Wildman–Crippen MR) is 112 cm³/mol. The largest absolute Gasteiger partial charge is 0.457 e. The Balaban J connectivity index is 2.02. The van der Waals surface area contributed by atoms with Crippen LogP contribution in [0.15, 0.2) is 0 Å². The summed E-state index contributed by atoms with van der Waals surface area (Å²) in [6, 6.07) is 0. The highest BCUT2D eigenvalue weighted by Crippen LogP contribution is 2.41. The summed E-state index contributed by atoms with van der Waals surface area (Å²) in [6.45, 7) is 15.6. The first-order chi connectivity index (χ1) is 12.7. The fourth-order valence-corrected chi connectivity index (χ4v) is 4.37. The third-order valence-electron chi connectivity index (χ3n) is 6.41. The van der Waals surface area contributed by atoms with Gasteiger partial charge in [-0.05, 0) is 80.0 Å². The summed E-state index contributed by atoms with van der Waals surface area (Å²) >= 11 is 0. The van der Waals surface area contributed by atoms with Gasteiger partial charge in [-0.2, -0.15) is 0 Å². The Kier molecular flexibility index (Phi) is 6.61. The molecule has 1 aliphatic heterocycles. The van der Waals surface area contributed by atoms with Crippen molar-refractivity contribution >= 4 is 18.9 Å². The normalized spacial score (nSPS) is 29.0. The van der Waals surface area contributed by atoms with Gasteiger partial charge in [0.25, 0.3) is 0 Å². The third-order valence-corrected chi connectivity index (χ3v) is 6.41. The van der Waals surface area contributed by atoms with Crippen molar-refractivity contribution in [2.75, 3.05) is 0 Å². The Morgan fingerprint density at radius 2 is 1.68 bits per heavy atom. The molecule has 0 unspecified atom stereocenters. The third kappa shape index (κ3) is 5.09. The van der Waals surface area contributed by atoms with Crippen molar-refractivity contribution in [1.29, 1.82) is 0 Å². The number of hydrogen-bond donors (Lipinski definition) is 2. The monoisotopic (exact) mass is 394 g/mol. The zero-order chi connectivity index (χ0) is 21.4. The van der Waals surface area contributed by atoms with Crippen molar-refractivity contribution in [2.45, 2.75) is 116 Å². The minimum Gasteiger partial charge on any atom is -0.403 e. The van der Waals surface area contributed by atoms with Crippen molar-refractivity contribution in [3.8, 4) is 0 Å². The van der Waals surface area contributed by atoms with Gasteiger partial charge in [0.15, 0.2) is 0 Å². The second-order valence-electron chi connectivity index (χ2n) is 10.6. The van der Waals surface area contributed by atoms with Gasteiger partial charge in [-0.25, -0.2) is 0 Å². The van der Waals surface area contributed by atoms with E-state index in [4.69, 9.17) is 9.31 Å². The van der Waals surface area contributed by atoms with Crippen LogP contribution in [0.5, 0.6) is 0 Å². The van der Waals surface area contributed by atoms with Crippen LogP contribution in [0.2, 0.25) is 6.32 Å². The Morgan fingerprint density at radius 1 is 1.11 bits per heavy atom. The molecule has 2 fully saturated rings. The van der Waals surface area contributed by atoms with Crippen LogP contribution in [0.1, 0.15) is 87.5 Å². The molecule has 160 valence electrons. The number of rotatable bonds is 6. The lowest BCUT2D eigenvalue weighted by Gasteiger charge is -2.37. The van der Waals surface area contributed by atoms with Gasteiger partial charge in [-0.15, -0.1) is 0 Å². The number of nitrogens with one attached hydrogen (secondary N) is 2. The second-order valence-corrected chi connectivity index (χ2v) is 10.6. The zero-order valence-electron chi connectivity index (χ0n) is 19.0. The fraction of sp³-hybridized carbons (Fsp3) is 0.905. The van der Waals surface area contributed by atoms with E-state index in [1.807, 2.05) is 20.8 Å². The van der Waals surface area contributed by atoms with Gasteiger partial charge in [0, 0.05) is 12.5 Å². The Hall–Kier alpha value is -1.08. The van der Waals surface area contributed by atoms with Gasteiger partial charge >= 0.3 is 7.12 Å². The van der Waals surface area contributed by atoms with Gasteiger partial charge in [-0.1, -0.05) is 12.8 Å². The fourth-order valence-electron chi connectivity index (χ4n) is 4.37. The summed E-state index contributed by atoms with van der Waals surface area (Å²) in [5.41, 5.74) is -1.79. The van der Waals surface area contributed by atoms with E-state index < -0.39 is 5.54 Å².